The highest BCUT2D eigenvalue weighted by Gasteiger charge is 2.21. The first-order chi connectivity index (χ1) is 9.70. The molecule has 1 aromatic heterocycles. The molecule has 3 rings (SSSR count). The molecule has 1 aliphatic carbocycles. The van der Waals surface area contributed by atoms with E-state index in [4.69, 9.17) is 11.6 Å². The van der Waals surface area contributed by atoms with E-state index in [1.54, 1.807) is 0 Å². The predicted octanol–water partition coefficient (Wildman–Crippen LogP) is 4.29. The Morgan fingerprint density at radius 1 is 1.25 bits per heavy atom. The van der Waals surface area contributed by atoms with E-state index in [-0.39, 0.29) is 5.52 Å². The van der Waals surface area contributed by atoms with Gasteiger partial charge in [-0.2, -0.15) is 0 Å². The molecule has 0 N–H and O–H groups in total. The summed E-state index contributed by atoms with van der Waals surface area (Å²) in [4.78, 5) is 4.42. The Kier molecular flexibility index (Phi) is 3.92. The van der Waals surface area contributed by atoms with E-state index in [1.165, 1.54) is 18.9 Å². The molecule has 1 aromatic carbocycles. The van der Waals surface area contributed by atoms with Crippen molar-refractivity contribution in [1.29, 1.82) is 0 Å². The molecule has 2 nitrogen and oxygen atoms in total. The minimum Gasteiger partial charge on any atom is -0.325 e. The van der Waals surface area contributed by atoms with Gasteiger partial charge in [0.05, 0.1) is 5.52 Å². The molecule has 2 aromatic rings. The van der Waals surface area contributed by atoms with Crippen LogP contribution in [0.5, 0.6) is 0 Å². The van der Waals surface area contributed by atoms with Crippen molar-refractivity contribution in [3.63, 3.8) is 0 Å². The fourth-order valence-corrected chi connectivity index (χ4v) is 3.30. The van der Waals surface area contributed by atoms with Gasteiger partial charge in [0, 0.05) is 18.8 Å². The van der Waals surface area contributed by atoms with Crippen LogP contribution in [0.1, 0.15) is 31.5 Å². The van der Waals surface area contributed by atoms with Crippen LogP contribution in [0.4, 0.5) is 8.78 Å². The van der Waals surface area contributed by atoms with E-state index < -0.39 is 11.6 Å². The highest BCUT2D eigenvalue weighted by Crippen LogP contribution is 2.30. The van der Waals surface area contributed by atoms with Crippen LogP contribution in [0.15, 0.2) is 12.1 Å². The van der Waals surface area contributed by atoms with E-state index in [0.29, 0.717) is 30.3 Å². The van der Waals surface area contributed by atoms with Crippen molar-refractivity contribution in [3.8, 4) is 0 Å². The lowest BCUT2D eigenvalue weighted by atomic mass is 10.1. The van der Waals surface area contributed by atoms with E-state index in [2.05, 4.69) is 4.98 Å². The third-order valence-electron chi connectivity index (χ3n) is 4.11. The summed E-state index contributed by atoms with van der Waals surface area (Å²) in [5, 5.41) is 0. The van der Waals surface area contributed by atoms with E-state index >= 15 is 0 Å². The summed E-state index contributed by atoms with van der Waals surface area (Å²) in [5.41, 5.74) is 0.805. The van der Waals surface area contributed by atoms with Crippen LogP contribution >= 0.6 is 11.6 Å². The molecule has 1 fully saturated rings. The van der Waals surface area contributed by atoms with Crippen molar-refractivity contribution >= 4 is 22.6 Å². The Balaban J connectivity index is 2.08. The van der Waals surface area contributed by atoms with Crippen LogP contribution in [0.3, 0.4) is 0 Å². The molecule has 1 aliphatic rings. The summed E-state index contributed by atoms with van der Waals surface area (Å²) in [6.45, 7) is 0.711. The second kappa shape index (κ2) is 5.68. The number of alkyl halides is 1. The van der Waals surface area contributed by atoms with Gasteiger partial charge in [0.1, 0.15) is 11.3 Å². The second-order valence-electron chi connectivity index (χ2n) is 5.46. The van der Waals surface area contributed by atoms with Gasteiger partial charge in [-0.05, 0) is 30.9 Å². The summed E-state index contributed by atoms with van der Waals surface area (Å²) >= 11 is 5.80. The predicted molar refractivity (Wildman–Crippen MR) is 76.0 cm³/mol. The molecule has 1 saturated carbocycles. The average molecular weight is 299 g/mol. The zero-order valence-electron chi connectivity index (χ0n) is 11.2. The SMILES string of the molecule is Fc1ccc2nc(CCCl)n(CC3CCCC3)c2c1F. The van der Waals surface area contributed by atoms with Crippen molar-refractivity contribution in [2.24, 2.45) is 5.92 Å². The lowest BCUT2D eigenvalue weighted by Crippen LogP contribution is -2.12. The van der Waals surface area contributed by atoms with Crippen LogP contribution in [-0.2, 0) is 13.0 Å². The van der Waals surface area contributed by atoms with Gasteiger partial charge < -0.3 is 4.57 Å². The number of nitrogens with zero attached hydrogens (tertiary/aromatic N) is 2. The van der Waals surface area contributed by atoms with Crippen molar-refractivity contribution in [2.45, 2.75) is 38.6 Å². The molecular formula is C15H17ClF2N2. The zero-order valence-corrected chi connectivity index (χ0v) is 12.0. The van der Waals surface area contributed by atoms with Crippen LogP contribution in [0.25, 0.3) is 11.0 Å². The smallest absolute Gasteiger partial charge is 0.184 e. The van der Waals surface area contributed by atoms with Gasteiger partial charge in [-0.3, -0.25) is 0 Å². The summed E-state index contributed by atoms with van der Waals surface area (Å²) in [6.07, 6.45) is 5.32. The van der Waals surface area contributed by atoms with Gasteiger partial charge in [0.25, 0.3) is 0 Å². The molecule has 1 heterocycles. The number of benzene rings is 1. The Labute approximate surface area is 121 Å². The number of imidazole rings is 1. The Bertz CT molecular complexity index is 618. The summed E-state index contributed by atoms with van der Waals surface area (Å²) < 4.78 is 29.5. The van der Waals surface area contributed by atoms with E-state index in [0.717, 1.165) is 24.7 Å². The number of fused-ring (bicyclic) bond motifs is 1. The van der Waals surface area contributed by atoms with Crippen LogP contribution in [0.2, 0.25) is 0 Å². The Morgan fingerprint density at radius 3 is 2.70 bits per heavy atom. The second-order valence-corrected chi connectivity index (χ2v) is 5.84. The number of hydrogen-bond acceptors (Lipinski definition) is 1. The maximum atomic E-state index is 14.1. The van der Waals surface area contributed by atoms with E-state index in [9.17, 15) is 8.78 Å². The fourth-order valence-electron chi connectivity index (χ4n) is 3.13. The largest absolute Gasteiger partial charge is 0.325 e. The Hall–Kier alpha value is -1.16. The molecule has 0 bridgehead atoms. The minimum absolute atomic E-state index is 0.289. The normalized spacial score (nSPS) is 16.4. The summed E-state index contributed by atoms with van der Waals surface area (Å²) in [5.74, 6) is 0.102. The van der Waals surface area contributed by atoms with Crippen LogP contribution in [0, 0.1) is 17.6 Å². The first-order valence-electron chi connectivity index (χ1n) is 7.09. The van der Waals surface area contributed by atoms with Crippen molar-refractivity contribution in [2.75, 3.05) is 5.88 Å². The molecule has 0 saturated heterocycles. The van der Waals surface area contributed by atoms with Crippen molar-refractivity contribution in [1.82, 2.24) is 9.55 Å². The molecule has 108 valence electrons. The zero-order chi connectivity index (χ0) is 14.1. The molecule has 0 atom stereocenters. The molecule has 0 aliphatic heterocycles. The first kappa shape index (κ1) is 13.8. The lowest BCUT2D eigenvalue weighted by Gasteiger charge is -2.14. The topological polar surface area (TPSA) is 17.8 Å². The first-order valence-corrected chi connectivity index (χ1v) is 7.63. The highest BCUT2D eigenvalue weighted by molar-refractivity contribution is 6.17. The molecule has 0 unspecified atom stereocenters. The maximum Gasteiger partial charge on any atom is 0.184 e. The van der Waals surface area contributed by atoms with Gasteiger partial charge in [0.15, 0.2) is 11.6 Å². The fraction of sp³-hybridized carbons (Fsp3) is 0.533. The molecule has 0 radical (unpaired) electrons. The van der Waals surface area contributed by atoms with Crippen LogP contribution in [-0.4, -0.2) is 15.4 Å². The summed E-state index contributed by atoms with van der Waals surface area (Å²) in [7, 11) is 0. The summed E-state index contributed by atoms with van der Waals surface area (Å²) in [6, 6.07) is 2.67. The molecule has 0 spiro atoms. The van der Waals surface area contributed by atoms with Gasteiger partial charge in [0.2, 0.25) is 0 Å². The van der Waals surface area contributed by atoms with Gasteiger partial charge in [-0.25, -0.2) is 13.8 Å². The molecule has 20 heavy (non-hydrogen) atoms. The third-order valence-corrected chi connectivity index (χ3v) is 4.30. The number of halogens is 3. The molecule has 5 heteroatoms. The van der Waals surface area contributed by atoms with Gasteiger partial charge >= 0.3 is 0 Å². The number of aryl methyl sites for hydroxylation is 1. The average Bonchev–Trinajstić information content (AvgIpc) is 3.04. The van der Waals surface area contributed by atoms with Gasteiger partial charge in [-0.15, -0.1) is 11.6 Å². The maximum absolute atomic E-state index is 14.1. The van der Waals surface area contributed by atoms with Crippen molar-refractivity contribution in [3.05, 3.63) is 29.6 Å². The van der Waals surface area contributed by atoms with Crippen molar-refractivity contribution < 1.29 is 8.78 Å². The molecule has 0 amide bonds. The minimum atomic E-state index is -0.817. The van der Waals surface area contributed by atoms with E-state index in [1.807, 2.05) is 4.57 Å². The standard InChI is InChI=1S/C15H17ClF2N2/c16-8-7-13-19-12-6-5-11(17)14(18)15(12)20(13)9-10-3-1-2-4-10/h5-6,10H,1-4,7-9H2. The monoisotopic (exact) mass is 298 g/mol. The number of hydrogen-bond donors (Lipinski definition) is 0. The highest BCUT2D eigenvalue weighted by atomic mass is 35.5. The quantitative estimate of drug-likeness (QED) is 0.770. The van der Waals surface area contributed by atoms with Crippen LogP contribution < -0.4 is 0 Å². The third kappa shape index (κ3) is 2.41. The molecular weight excluding hydrogens is 282 g/mol. The van der Waals surface area contributed by atoms with Gasteiger partial charge in [-0.1, -0.05) is 12.8 Å². The number of aromatic nitrogens is 2. The number of rotatable bonds is 4. The lowest BCUT2D eigenvalue weighted by molar-refractivity contribution is 0.448. The Morgan fingerprint density at radius 2 is 2.00 bits per heavy atom.